The Balaban J connectivity index is 1.57. The van der Waals surface area contributed by atoms with Gasteiger partial charge in [-0.2, -0.15) is 0 Å². The standard InChI is InChI=1S/C20H23N3O3S/c1-12-5-4-6-13(2)18(12)21-16(24)11-23(3)20(26)15-9-10-17(27-15)22-19(25)14-7-8-14/h4-6,9-10,14H,7-8,11H2,1-3H3,(H,21,24)(H,22,25). The molecule has 2 aromatic rings. The summed E-state index contributed by atoms with van der Waals surface area (Å²) in [6.07, 6.45) is 1.86. The summed E-state index contributed by atoms with van der Waals surface area (Å²) in [7, 11) is 1.59. The third kappa shape index (κ3) is 4.74. The number of amides is 3. The van der Waals surface area contributed by atoms with Gasteiger partial charge in [-0.25, -0.2) is 0 Å². The fourth-order valence-electron chi connectivity index (χ4n) is 2.75. The fourth-order valence-corrected chi connectivity index (χ4v) is 3.66. The predicted octanol–water partition coefficient (Wildman–Crippen LogP) is 3.42. The average Bonchev–Trinajstić information content (AvgIpc) is 3.37. The summed E-state index contributed by atoms with van der Waals surface area (Å²) in [5.74, 6) is -0.370. The first-order valence-corrected chi connectivity index (χ1v) is 9.69. The number of thiophene rings is 1. The molecule has 0 spiro atoms. The quantitative estimate of drug-likeness (QED) is 0.800. The van der Waals surface area contributed by atoms with Crippen LogP contribution in [-0.2, 0) is 9.59 Å². The average molecular weight is 385 g/mol. The molecule has 3 amide bonds. The van der Waals surface area contributed by atoms with E-state index in [9.17, 15) is 14.4 Å². The van der Waals surface area contributed by atoms with E-state index in [1.54, 1.807) is 19.2 Å². The van der Waals surface area contributed by atoms with Gasteiger partial charge in [0.05, 0.1) is 16.4 Å². The SMILES string of the molecule is Cc1cccc(C)c1NC(=O)CN(C)C(=O)c1ccc(NC(=O)C2CC2)s1. The molecule has 1 fully saturated rings. The minimum atomic E-state index is -0.248. The molecule has 27 heavy (non-hydrogen) atoms. The molecular formula is C20H23N3O3S. The summed E-state index contributed by atoms with van der Waals surface area (Å²) in [5, 5.41) is 6.37. The molecule has 1 aliphatic carbocycles. The minimum Gasteiger partial charge on any atom is -0.332 e. The van der Waals surface area contributed by atoms with Gasteiger partial charge < -0.3 is 15.5 Å². The summed E-state index contributed by atoms with van der Waals surface area (Å²) in [6, 6.07) is 9.20. The van der Waals surface area contributed by atoms with Crippen molar-refractivity contribution >= 4 is 39.7 Å². The van der Waals surface area contributed by atoms with E-state index in [0.717, 1.165) is 29.7 Å². The van der Waals surface area contributed by atoms with Crippen LogP contribution in [0.2, 0.25) is 0 Å². The van der Waals surface area contributed by atoms with Crippen molar-refractivity contribution in [3.05, 3.63) is 46.3 Å². The van der Waals surface area contributed by atoms with Gasteiger partial charge in [0.1, 0.15) is 0 Å². The maximum Gasteiger partial charge on any atom is 0.264 e. The Bertz CT molecular complexity index is 866. The number of nitrogens with zero attached hydrogens (tertiary/aromatic N) is 1. The zero-order valence-corrected chi connectivity index (χ0v) is 16.5. The van der Waals surface area contributed by atoms with E-state index >= 15 is 0 Å². The van der Waals surface area contributed by atoms with E-state index in [4.69, 9.17) is 0 Å². The van der Waals surface area contributed by atoms with Gasteiger partial charge in [0, 0.05) is 18.7 Å². The highest BCUT2D eigenvalue weighted by Crippen LogP contribution is 2.31. The minimum absolute atomic E-state index is 0.0113. The molecule has 2 N–H and O–H groups in total. The molecule has 1 saturated carbocycles. The molecule has 1 aromatic carbocycles. The van der Waals surface area contributed by atoms with Gasteiger partial charge >= 0.3 is 0 Å². The third-order valence-corrected chi connectivity index (χ3v) is 5.47. The van der Waals surface area contributed by atoms with Crippen LogP contribution in [0.4, 0.5) is 10.7 Å². The van der Waals surface area contributed by atoms with Crippen LogP contribution in [0.3, 0.4) is 0 Å². The molecule has 7 heteroatoms. The van der Waals surface area contributed by atoms with Crippen molar-refractivity contribution in [1.29, 1.82) is 0 Å². The number of para-hydroxylation sites is 1. The molecule has 3 rings (SSSR count). The zero-order chi connectivity index (χ0) is 19.6. The number of benzene rings is 1. The molecular weight excluding hydrogens is 362 g/mol. The lowest BCUT2D eigenvalue weighted by Crippen LogP contribution is -2.34. The summed E-state index contributed by atoms with van der Waals surface area (Å²) in [5.41, 5.74) is 2.74. The Morgan fingerprint density at radius 3 is 2.37 bits per heavy atom. The molecule has 142 valence electrons. The molecule has 6 nitrogen and oxygen atoms in total. The van der Waals surface area contributed by atoms with Crippen molar-refractivity contribution in [2.75, 3.05) is 24.2 Å². The Morgan fingerprint density at radius 1 is 1.07 bits per heavy atom. The second-order valence-electron chi connectivity index (χ2n) is 6.90. The van der Waals surface area contributed by atoms with Gasteiger partial charge in [-0.3, -0.25) is 14.4 Å². The number of hydrogen-bond donors (Lipinski definition) is 2. The van der Waals surface area contributed by atoms with Crippen LogP contribution in [0.5, 0.6) is 0 Å². The van der Waals surface area contributed by atoms with E-state index in [1.165, 1.54) is 16.2 Å². The lowest BCUT2D eigenvalue weighted by molar-refractivity contribution is -0.117. The maximum atomic E-state index is 12.6. The summed E-state index contributed by atoms with van der Waals surface area (Å²) in [4.78, 5) is 38.6. The number of carbonyl (C=O) groups excluding carboxylic acids is 3. The molecule has 0 radical (unpaired) electrons. The van der Waals surface area contributed by atoms with E-state index in [0.29, 0.717) is 9.88 Å². The van der Waals surface area contributed by atoms with Crippen LogP contribution in [0.15, 0.2) is 30.3 Å². The number of rotatable bonds is 6. The second kappa shape index (κ2) is 7.92. The fraction of sp³-hybridized carbons (Fsp3) is 0.350. The van der Waals surface area contributed by atoms with Gasteiger partial charge in [-0.1, -0.05) is 18.2 Å². The smallest absolute Gasteiger partial charge is 0.264 e. The Morgan fingerprint density at radius 2 is 1.74 bits per heavy atom. The lowest BCUT2D eigenvalue weighted by atomic mass is 10.1. The molecule has 0 atom stereocenters. The van der Waals surface area contributed by atoms with Gasteiger partial charge in [-0.15, -0.1) is 11.3 Å². The van der Waals surface area contributed by atoms with E-state index in [2.05, 4.69) is 10.6 Å². The molecule has 1 aliphatic rings. The van der Waals surface area contributed by atoms with E-state index in [1.807, 2.05) is 32.0 Å². The highest BCUT2D eigenvalue weighted by Gasteiger charge is 2.30. The molecule has 0 aliphatic heterocycles. The van der Waals surface area contributed by atoms with Crippen LogP contribution in [0.1, 0.15) is 33.6 Å². The van der Waals surface area contributed by atoms with Gasteiger partial charge in [0.2, 0.25) is 11.8 Å². The van der Waals surface area contributed by atoms with Crippen molar-refractivity contribution in [2.45, 2.75) is 26.7 Å². The number of nitrogens with one attached hydrogen (secondary N) is 2. The first-order valence-electron chi connectivity index (χ1n) is 8.87. The van der Waals surface area contributed by atoms with Gasteiger partial charge in [-0.05, 0) is 49.9 Å². The normalized spacial score (nSPS) is 13.1. The highest BCUT2D eigenvalue weighted by atomic mass is 32.1. The Labute approximate surface area is 162 Å². The number of aryl methyl sites for hydroxylation is 2. The molecule has 0 bridgehead atoms. The van der Waals surface area contributed by atoms with E-state index in [-0.39, 0.29) is 30.2 Å². The van der Waals surface area contributed by atoms with Crippen molar-refractivity contribution in [1.82, 2.24) is 4.90 Å². The molecule has 1 heterocycles. The Kier molecular flexibility index (Phi) is 5.60. The largest absolute Gasteiger partial charge is 0.332 e. The number of anilines is 2. The third-order valence-electron chi connectivity index (χ3n) is 4.48. The van der Waals surface area contributed by atoms with Crippen molar-refractivity contribution in [2.24, 2.45) is 5.92 Å². The zero-order valence-electron chi connectivity index (χ0n) is 15.7. The van der Waals surface area contributed by atoms with Crippen molar-refractivity contribution in [3.63, 3.8) is 0 Å². The van der Waals surface area contributed by atoms with Crippen LogP contribution in [0, 0.1) is 19.8 Å². The van der Waals surface area contributed by atoms with Crippen LogP contribution in [0.25, 0.3) is 0 Å². The van der Waals surface area contributed by atoms with Gasteiger partial charge in [0.15, 0.2) is 0 Å². The predicted molar refractivity (Wildman–Crippen MR) is 107 cm³/mol. The van der Waals surface area contributed by atoms with Gasteiger partial charge in [0.25, 0.3) is 5.91 Å². The Hall–Kier alpha value is -2.67. The highest BCUT2D eigenvalue weighted by molar-refractivity contribution is 7.18. The molecule has 1 aromatic heterocycles. The van der Waals surface area contributed by atoms with Crippen LogP contribution < -0.4 is 10.6 Å². The second-order valence-corrected chi connectivity index (χ2v) is 7.99. The topological polar surface area (TPSA) is 78.5 Å². The molecule has 0 unspecified atom stereocenters. The first kappa shape index (κ1) is 19.1. The van der Waals surface area contributed by atoms with Crippen molar-refractivity contribution in [3.8, 4) is 0 Å². The maximum absolute atomic E-state index is 12.6. The summed E-state index contributed by atoms with van der Waals surface area (Å²) in [6.45, 7) is 3.81. The van der Waals surface area contributed by atoms with Crippen LogP contribution >= 0.6 is 11.3 Å². The van der Waals surface area contributed by atoms with Crippen molar-refractivity contribution < 1.29 is 14.4 Å². The van der Waals surface area contributed by atoms with E-state index < -0.39 is 0 Å². The van der Waals surface area contributed by atoms with Crippen LogP contribution in [-0.4, -0.2) is 36.2 Å². The summed E-state index contributed by atoms with van der Waals surface area (Å²) >= 11 is 1.22. The number of likely N-dealkylation sites (N-methyl/N-ethyl adjacent to an activating group) is 1. The summed E-state index contributed by atoms with van der Waals surface area (Å²) < 4.78 is 0. The molecule has 0 saturated heterocycles. The first-order chi connectivity index (χ1) is 12.8. The number of hydrogen-bond acceptors (Lipinski definition) is 4. The lowest BCUT2D eigenvalue weighted by Gasteiger charge is -2.17. The number of carbonyl (C=O) groups is 3. The monoisotopic (exact) mass is 385 g/mol.